The Kier molecular flexibility index (Phi) is 6.36. The largest absolute Gasteiger partial charge is 0.366 e. The maximum atomic E-state index is 12.3. The predicted octanol–water partition coefficient (Wildman–Crippen LogP) is 3.11. The number of nitrogens with zero attached hydrogens (tertiary/aromatic N) is 3. The highest BCUT2D eigenvalue weighted by atomic mass is 16.5. The van der Waals surface area contributed by atoms with Gasteiger partial charge in [0.25, 0.3) is 5.91 Å². The highest BCUT2D eigenvalue weighted by Crippen LogP contribution is 2.33. The molecular formula is C26H33N5O3. The van der Waals surface area contributed by atoms with Crippen molar-refractivity contribution in [1.29, 1.82) is 0 Å². The van der Waals surface area contributed by atoms with Gasteiger partial charge in [-0.3, -0.25) is 9.59 Å². The van der Waals surface area contributed by atoms with E-state index in [4.69, 9.17) is 4.74 Å². The van der Waals surface area contributed by atoms with Crippen LogP contribution in [-0.2, 0) is 16.6 Å². The van der Waals surface area contributed by atoms with Crippen LogP contribution in [0.1, 0.15) is 50.0 Å². The Bertz CT molecular complexity index is 1140. The van der Waals surface area contributed by atoms with Crippen molar-refractivity contribution in [3.63, 3.8) is 0 Å². The molecule has 0 bridgehead atoms. The van der Waals surface area contributed by atoms with Crippen molar-refractivity contribution in [2.24, 2.45) is 12.0 Å². The zero-order chi connectivity index (χ0) is 24.5. The molecule has 0 aliphatic carbocycles. The molecule has 0 radical (unpaired) electrons. The number of amides is 2. The van der Waals surface area contributed by atoms with Crippen molar-refractivity contribution in [2.75, 3.05) is 24.5 Å². The molecule has 1 aromatic heterocycles. The van der Waals surface area contributed by atoms with E-state index >= 15 is 0 Å². The molecule has 1 saturated heterocycles. The van der Waals surface area contributed by atoms with Crippen LogP contribution in [0.2, 0.25) is 0 Å². The van der Waals surface area contributed by atoms with E-state index in [1.54, 1.807) is 23.0 Å². The fourth-order valence-electron chi connectivity index (χ4n) is 4.63. The summed E-state index contributed by atoms with van der Waals surface area (Å²) in [5, 5.41) is 5.44. The van der Waals surface area contributed by atoms with Gasteiger partial charge in [-0.05, 0) is 45.9 Å². The maximum absolute atomic E-state index is 12.3. The van der Waals surface area contributed by atoms with E-state index in [1.807, 2.05) is 25.3 Å². The topological polar surface area (TPSA) is 88.0 Å². The van der Waals surface area contributed by atoms with Gasteiger partial charge in [-0.15, -0.1) is 0 Å². The number of nitrogens with one attached hydrogen (secondary N) is 2. The molecule has 34 heavy (non-hydrogen) atoms. The molecule has 0 spiro atoms. The molecule has 3 heterocycles. The molecule has 2 aliphatic rings. The SMILES string of the molecule is Cn1ccc(C(=O)NCC(=O)NC2=NC(c3cccc(N4CC(C)(C)OC(C)(C)C4)c3)=CC2)c1. The number of hydrogen-bond acceptors (Lipinski definition) is 5. The van der Waals surface area contributed by atoms with Crippen molar-refractivity contribution in [3.8, 4) is 0 Å². The first-order valence-electron chi connectivity index (χ1n) is 11.5. The molecule has 8 nitrogen and oxygen atoms in total. The number of aryl methyl sites for hydroxylation is 1. The van der Waals surface area contributed by atoms with E-state index in [9.17, 15) is 9.59 Å². The van der Waals surface area contributed by atoms with Crippen LogP contribution in [-0.4, -0.2) is 53.1 Å². The normalized spacial score (nSPS) is 18.8. The third-order valence-electron chi connectivity index (χ3n) is 5.73. The Labute approximate surface area is 200 Å². The number of anilines is 1. The van der Waals surface area contributed by atoms with E-state index in [2.05, 4.69) is 60.4 Å². The lowest BCUT2D eigenvalue weighted by molar-refractivity contribution is -0.133. The number of amidine groups is 1. The molecule has 2 aliphatic heterocycles. The Morgan fingerprint density at radius 3 is 2.53 bits per heavy atom. The van der Waals surface area contributed by atoms with Crippen molar-refractivity contribution in [1.82, 2.24) is 15.2 Å². The molecule has 2 aromatic rings. The second-order valence-corrected chi connectivity index (χ2v) is 10.2. The van der Waals surface area contributed by atoms with E-state index < -0.39 is 0 Å². The summed E-state index contributed by atoms with van der Waals surface area (Å²) >= 11 is 0. The molecule has 2 amide bonds. The molecule has 1 aromatic carbocycles. The van der Waals surface area contributed by atoms with Crippen LogP contribution >= 0.6 is 0 Å². The van der Waals surface area contributed by atoms with Gasteiger partial charge in [-0.2, -0.15) is 0 Å². The van der Waals surface area contributed by atoms with Crippen molar-refractivity contribution >= 4 is 29.0 Å². The van der Waals surface area contributed by atoms with Crippen LogP contribution in [0.15, 0.2) is 53.8 Å². The van der Waals surface area contributed by atoms with E-state index in [-0.39, 0.29) is 29.6 Å². The zero-order valence-electron chi connectivity index (χ0n) is 20.5. The number of carbonyl (C=O) groups is 2. The smallest absolute Gasteiger partial charge is 0.253 e. The van der Waals surface area contributed by atoms with Crippen molar-refractivity contribution in [2.45, 2.75) is 45.3 Å². The molecule has 8 heteroatoms. The number of aliphatic imine (C=N–C) groups is 1. The lowest BCUT2D eigenvalue weighted by Crippen LogP contribution is -2.57. The van der Waals surface area contributed by atoms with E-state index in [0.717, 1.165) is 30.0 Å². The van der Waals surface area contributed by atoms with Crippen LogP contribution in [0, 0.1) is 0 Å². The van der Waals surface area contributed by atoms with Crippen LogP contribution < -0.4 is 15.5 Å². The molecular weight excluding hydrogens is 430 g/mol. The lowest BCUT2D eigenvalue weighted by Gasteiger charge is -2.48. The third-order valence-corrected chi connectivity index (χ3v) is 5.73. The Balaban J connectivity index is 1.37. The van der Waals surface area contributed by atoms with Gasteiger partial charge < -0.3 is 24.8 Å². The average molecular weight is 464 g/mol. The molecule has 2 N–H and O–H groups in total. The van der Waals surface area contributed by atoms with Gasteiger partial charge in [0.15, 0.2) is 0 Å². The van der Waals surface area contributed by atoms with Gasteiger partial charge in [-0.25, -0.2) is 4.99 Å². The first kappa shape index (κ1) is 23.8. The minimum atomic E-state index is -0.302. The van der Waals surface area contributed by atoms with Crippen LogP contribution in [0.25, 0.3) is 5.70 Å². The number of hydrogen-bond donors (Lipinski definition) is 2. The maximum Gasteiger partial charge on any atom is 0.253 e. The number of rotatable bonds is 5. The van der Waals surface area contributed by atoms with Gasteiger partial charge in [0, 0.05) is 50.2 Å². The summed E-state index contributed by atoms with van der Waals surface area (Å²) in [5.74, 6) is -0.00794. The average Bonchev–Trinajstić information content (AvgIpc) is 3.39. The van der Waals surface area contributed by atoms with Gasteiger partial charge in [-0.1, -0.05) is 18.2 Å². The quantitative estimate of drug-likeness (QED) is 0.713. The summed E-state index contributed by atoms with van der Waals surface area (Å²) in [6.45, 7) is 9.96. The molecule has 0 atom stereocenters. The first-order chi connectivity index (χ1) is 16.0. The van der Waals surface area contributed by atoms with E-state index in [0.29, 0.717) is 17.8 Å². The molecule has 0 saturated carbocycles. The Hall–Kier alpha value is -3.39. The summed E-state index contributed by atoms with van der Waals surface area (Å²) in [6.07, 6.45) is 6.03. The fourth-order valence-corrected chi connectivity index (χ4v) is 4.63. The fraction of sp³-hybridized carbons (Fsp3) is 0.423. The molecule has 4 rings (SSSR count). The van der Waals surface area contributed by atoms with Gasteiger partial charge in [0.05, 0.1) is 29.0 Å². The minimum Gasteiger partial charge on any atom is -0.366 e. The van der Waals surface area contributed by atoms with Gasteiger partial charge in [0.2, 0.25) is 5.91 Å². The van der Waals surface area contributed by atoms with Crippen LogP contribution in [0.3, 0.4) is 0 Å². The zero-order valence-corrected chi connectivity index (χ0v) is 20.5. The summed E-state index contributed by atoms with van der Waals surface area (Å²) in [4.78, 5) is 31.4. The summed E-state index contributed by atoms with van der Waals surface area (Å²) in [7, 11) is 1.84. The number of aromatic nitrogens is 1. The second kappa shape index (κ2) is 9.10. The number of benzene rings is 1. The standard InChI is InChI=1S/C26H33N5O3/c1-25(2)16-31(17-26(3,4)34-25)20-8-6-7-18(13-20)21-9-10-22(28-21)29-23(32)14-27-24(33)19-11-12-30(5)15-19/h6-9,11-13,15H,10,14,16-17H2,1-5H3,(H,27,33)(H,28,29,32). The van der Waals surface area contributed by atoms with Crippen LogP contribution in [0.4, 0.5) is 5.69 Å². The predicted molar refractivity (Wildman–Crippen MR) is 134 cm³/mol. The highest BCUT2D eigenvalue weighted by molar-refractivity contribution is 6.05. The highest BCUT2D eigenvalue weighted by Gasteiger charge is 2.38. The van der Waals surface area contributed by atoms with Gasteiger partial charge >= 0.3 is 0 Å². The minimum absolute atomic E-state index is 0.111. The van der Waals surface area contributed by atoms with Crippen molar-refractivity contribution in [3.05, 3.63) is 59.9 Å². The molecule has 0 unspecified atom stereocenters. The summed E-state index contributed by atoms with van der Waals surface area (Å²) < 4.78 is 8.00. The summed E-state index contributed by atoms with van der Waals surface area (Å²) in [5.41, 5.74) is 2.99. The lowest BCUT2D eigenvalue weighted by atomic mass is 9.98. The molecule has 180 valence electrons. The van der Waals surface area contributed by atoms with Crippen molar-refractivity contribution < 1.29 is 14.3 Å². The molecule has 1 fully saturated rings. The third kappa shape index (κ3) is 5.75. The monoisotopic (exact) mass is 463 g/mol. The number of ether oxygens (including phenoxy) is 1. The number of carbonyl (C=O) groups excluding carboxylic acids is 2. The van der Waals surface area contributed by atoms with Crippen LogP contribution in [0.5, 0.6) is 0 Å². The Morgan fingerprint density at radius 2 is 1.85 bits per heavy atom. The first-order valence-corrected chi connectivity index (χ1v) is 11.5. The van der Waals surface area contributed by atoms with E-state index in [1.165, 1.54) is 0 Å². The Morgan fingerprint density at radius 1 is 1.12 bits per heavy atom. The second-order valence-electron chi connectivity index (χ2n) is 10.2. The summed E-state index contributed by atoms with van der Waals surface area (Å²) in [6, 6.07) is 10.0. The van der Waals surface area contributed by atoms with Gasteiger partial charge in [0.1, 0.15) is 5.84 Å². The number of morpholine rings is 1.